The molecule has 0 aromatic heterocycles. The second kappa shape index (κ2) is 7.65. The van der Waals surface area contributed by atoms with Crippen LogP contribution in [0.25, 0.3) is 0 Å². The third kappa shape index (κ3) is 3.97. The van der Waals surface area contributed by atoms with E-state index in [-0.39, 0.29) is 12.6 Å². The van der Waals surface area contributed by atoms with Gasteiger partial charge in [0.15, 0.2) is 0 Å². The van der Waals surface area contributed by atoms with Crippen LogP contribution in [0.5, 0.6) is 0 Å². The Morgan fingerprint density at radius 3 is 2.40 bits per heavy atom. The maximum absolute atomic E-state index is 12.3. The highest BCUT2D eigenvalue weighted by molar-refractivity contribution is 6.32. The molecule has 1 saturated carbocycles. The van der Waals surface area contributed by atoms with E-state index in [2.05, 4.69) is 20.8 Å². The first-order chi connectivity index (χ1) is 9.42. The van der Waals surface area contributed by atoms with Gasteiger partial charge in [-0.05, 0) is 44.4 Å². The highest BCUT2D eigenvalue weighted by Gasteiger charge is 2.38. The van der Waals surface area contributed by atoms with Gasteiger partial charge in [0, 0.05) is 12.6 Å². The molecule has 0 bridgehead atoms. The maximum Gasteiger partial charge on any atom is 0.397 e. The summed E-state index contributed by atoms with van der Waals surface area (Å²) in [6, 6.07) is 0.167. The van der Waals surface area contributed by atoms with Gasteiger partial charge in [0.25, 0.3) is 0 Å². The van der Waals surface area contributed by atoms with E-state index in [1.54, 1.807) is 11.8 Å². The molecule has 0 spiro atoms. The summed E-state index contributed by atoms with van der Waals surface area (Å²) in [6.07, 6.45) is 3.34. The van der Waals surface area contributed by atoms with Crippen molar-refractivity contribution in [3.8, 4) is 0 Å². The standard InChI is InChI=1S/C16H29NO3/c1-6-17(15(18)16(19)20-7-2)14-10-12(5)8-9-13(14)11(3)4/h11-14H,6-10H2,1-5H3. The number of carbonyl (C=O) groups excluding carboxylic acids is 2. The SMILES string of the molecule is CCOC(=O)C(=O)N(CC)C1CC(C)CCC1C(C)C. The summed E-state index contributed by atoms with van der Waals surface area (Å²) in [7, 11) is 0. The molecule has 1 amide bonds. The van der Waals surface area contributed by atoms with E-state index in [1.807, 2.05) is 6.92 Å². The molecular weight excluding hydrogens is 254 g/mol. The van der Waals surface area contributed by atoms with Crippen molar-refractivity contribution < 1.29 is 14.3 Å². The molecule has 3 atom stereocenters. The zero-order valence-electron chi connectivity index (χ0n) is 13.5. The van der Waals surface area contributed by atoms with E-state index in [0.717, 1.165) is 12.8 Å². The summed E-state index contributed by atoms with van der Waals surface area (Å²) in [5.41, 5.74) is 0. The summed E-state index contributed by atoms with van der Waals surface area (Å²) in [5.74, 6) is 0.425. The lowest BCUT2D eigenvalue weighted by Gasteiger charge is -2.43. The zero-order chi connectivity index (χ0) is 15.3. The lowest BCUT2D eigenvalue weighted by molar-refractivity contribution is -0.162. The van der Waals surface area contributed by atoms with E-state index in [4.69, 9.17) is 4.74 Å². The van der Waals surface area contributed by atoms with Crippen molar-refractivity contribution in [3.63, 3.8) is 0 Å². The van der Waals surface area contributed by atoms with Crippen LogP contribution in [-0.2, 0) is 14.3 Å². The zero-order valence-corrected chi connectivity index (χ0v) is 13.5. The Bertz CT molecular complexity index is 341. The van der Waals surface area contributed by atoms with Gasteiger partial charge >= 0.3 is 11.9 Å². The summed E-state index contributed by atoms with van der Waals surface area (Å²) in [4.78, 5) is 25.8. The molecule has 0 heterocycles. The summed E-state index contributed by atoms with van der Waals surface area (Å²) < 4.78 is 4.87. The molecule has 0 aliphatic heterocycles. The van der Waals surface area contributed by atoms with E-state index in [1.165, 1.54) is 6.42 Å². The Morgan fingerprint density at radius 1 is 1.25 bits per heavy atom. The minimum absolute atomic E-state index is 0.167. The molecule has 0 saturated heterocycles. The molecule has 4 nitrogen and oxygen atoms in total. The average molecular weight is 283 g/mol. The van der Waals surface area contributed by atoms with Crippen molar-refractivity contribution in [2.45, 2.75) is 59.9 Å². The van der Waals surface area contributed by atoms with Crippen molar-refractivity contribution in [2.75, 3.05) is 13.2 Å². The number of ether oxygens (including phenoxy) is 1. The Hall–Kier alpha value is -1.06. The molecule has 0 N–H and O–H groups in total. The van der Waals surface area contributed by atoms with Crippen molar-refractivity contribution in [1.82, 2.24) is 4.90 Å². The van der Waals surface area contributed by atoms with Gasteiger partial charge in [-0.15, -0.1) is 0 Å². The molecule has 20 heavy (non-hydrogen) atoms. The van der Waals surface area contributed by atoms with Crippen LogP contribution in [0.15, 0.2) is 0 Å². The molecular formula is C16H29NO3. The van der Waals surface area contributed by atoms with Crippen LogP contribution in [0.1, 0.15) is 53.9 Å². The third-order valence-corrected chi connectivity index (χ3v) is 4.44. The summed E-state index contributed by atoms with van der Waals surface area (Å²) >= 11 is 0. The number of nitrogens with zero attached hydrogens (tertiary/aromatic N) is 1. The van der Waals surface area contributed by atoms with Gasteiger partial charge in [-0.3, -0.25) is 4.79 Å². The molecule has 1 fully saturated rings. The van der Waals surface area contributed by atoms with Crippen molar-refractivity contribution >= 4 is 11.9 Å². The monoisotopic (exact) mass is 283 g/mol. The van der Waals surface area contributed by atoms with Gasteiger partial charge in [-0.25, -0.2) is 4.79 Å². The number of carbonyl (C=O) groups is 2. The molecule has 1 aliphatic carbocycles. The fourth-order valence-electron chi connectivity index (χ4n) is 3.35. The lowest BCUT2D eigenvalue weighted by atomic mass is 9.73. The van der Waals surface area contributed by atoms with Crippen LogP contribution >= 0.6 is 0 Å². The minimum atomic E-state index is -0.713. The van der Waals surface area contributed by atoms with Crippen LogP contribution in [0.4, 0.5) is 0 Å². The number of likely N-dealkylation sites (N-methyl/N-ethyl adjacent to an activating group) is 1. The van der Waals surface area contributed by atoms with Gasteiger partial charge in [0.05, 0.1) is 6.61 Å². The van der Waals surface area contributed by atoms with E-state index < -0.39 is 11.9 Å². The number of esters is 1. The Balaban J connectivity index is 2.88. The topological polar surface area (TPSA) is 46.6 Å². The highest BCUT2D eigenvalue weighted by atomic mass is 16.5. The molecule has 0 radical (unpaired) electrons. The molecule has 1 rings (SSSR count). The second-order valence-corrected chi connectivity index (χ2v) is 6.21. The van der Waals surface area contributed by atoms with Gasteiger partial charge in [0.2, 0.25) is 0 Å². The predicted octanol–water partition coefficient (Wildman–Crippen LogP) is 2.86. The Labute approximate surface area is 122 Å². The lowest BCUT2D eigenvalue weighted by Crippen LogP contribution is -2.51. The molecule has 4 heteroatoms. The van der Waals surface area contributed by atoms with Crippen LogP contribution in [0, 0.1) is 17.8 Å². The quantitative estimate of drug-likeness (QED) is 0.589. The molecule has 116 valence electrons. The van der Waals surface area contributed by atoms with Crippen LogP contribution in [0.3, 0.4) is 0 Å². The first-order valence-corrected chi connectivity index (χ1v) is 7.90. The maximum atomic E-state index is 12.3. The highest BCUT2D eigenvalue weighted by Crippen LogP contribution is 2.36. The minimum Gasteiger partial charge on any atom is -0.459 e. The molecule has 0 aromatic carbocycles. The van der Waals surface area contributed by atoms with Gasteiger partial charge in [0.1, 0.15) is 0 Å². The molecule has 1 aliphatic rings. The van der Waals surface area contributed by atoms with Crippen molar-refractivity contribution in [2.24, 2.45) is 17.8 Å². The Morgan fingerprint density at radius 2 is 1.90 bits per heavy atom. The van der Waals surface area contributed by atoms with Crippen molar-refractivity contribution in [1.29, 1.82) is 0 Å². The molecule has 3 unspecified atom stereocenters. The first kappa shape index (κ1) is 17.0. The van der Waals surface area contributed by atoms with Gasteiger partial charge in [-0.1, -0.05) is 27.2 Å². The van der Waals surface area contributed by atoms with E-state index in [9.17, 15) is 9.59 Å². The van der Waals surface area contributed by atoms with E-state index >= 15 is 0 Å². The van der Waals surface area contributed by atoms with Crippen LogP contribution in [0.2, 0.25) is 0 Å². The van der Waals surface area contributed by atoms with Gasteiger partial charge in [-0.2, -0.15) is 0 Å². The fourth-order valence-corrected chi connectivity index (χ4v) is 3.35. The van der Waals surface area contributed by atoms with Crippen LogP contribution < -0.4 is 0 Å². The third-order valence-electron chi connectivity index (χ3n) is 4.44. The number of hydrogen-bond donors (Lipinski definition) is 0. The largest absolute Gasteiger partial charge is 0.459 e. The summed E-state index contributed by atoms with van der Waals surface area (Å²) in [5, 5.41) is 0. The fraction of sp³-hybridized carbons (Fsp3) is 0.875. The van der Waals surface area contributed by atoms with Crippen molar-refractivity contribution in [3.05, 3.63) is 0 Å². The smallest absolute Gasteiger partial charge is 0.397 e. The predicted molar refractivity (Wildman–Crippen MR) is 79.2 cm³/mol. The average Bonchev–Trinajstić information content (AvgIpc) is 2.39. The number of amides is 1. The Kier molecular flexibility index (Phi) is 6.50. The van der Waals surface area contributed by atoms with E-state index in [0.29, 0.717) is 24.3 Å². The number of hydrogen-bond acceptors (Lipinski definition) is 3. The number of rotatable bonds is 4. The first-order valence-electron chi connectivity index (χ1n) is 7.90. The van der Waals surface area contributed by atoms with Gasteiger partial charge < -0.3 is 9.64 Å². The van der Waals surface area contributed by atoms with Crippen LogP contribution in [-0.4, -0.2) is 36.0 Å². The second-order valence-electron chi connectivity index (χ2n) is 6.21. The summed E-state index contributed by atoms with van der Waals surface area (Å²) in [6.45, 7) is 11.1. The normalized spacial score (nSPS) is 26.4. The molecule has 0 aromatic rings.